The first-order valence-electron chi connectivity index (χ1n) is 7.85. The number of hydrogen-bond donors (Lipinski definition) is 2. The van der Waals surface area contributed by atoms with Gasteiger partial charge < -0.3 is 10.2 Å². The second-order valence-electron chi connectivity index (χ2n) is 6.22. The van der Waals surface area contributed by atoms with E-state index in [1.54, 1.807) is 11.7 Å². The van der Waals surface area contributed by atoms with Gasteiger partial charge in [-0.25, -0.2) is 0 Å². The van der Waals surface area contributed by atoms with Crippen LogP contribution in [-0.2, 0) is 24.6 Å². The summed E-state index contributed by atoms with van der Waals surface area (Å²) in [4.78, 5) is 13.1. The number of hydrogen-bond acceptors (Lipinski definition) is 2. The zero-order valence-corrected chi connectivity index (χ0v) is 14.7. The van der Waals surface area contributed by atoms with Gasteiger partial charge in [0, 0.05) is 12.6 Å². The third-order valence-corrected chi connectivity index (χ3v) is 4.02. The van der Waals surface area contributed by atoms with Crippen molar-refractivity contribution >= 4 is 11.6 Å². The Balaban J connectivity index is 1.93. The molecule has 0 aliphatic carbocycles. The van der Waals surface area contributed by atoms with Gasteiger partial charge in [0.05, 0.1) is 29.7 Å². The largest absolute Gasteiger partial charge is 0.416 e. The van der Waals surface area contributed by atoms with Crippen molar-refractivity contribution in [2.75, 3.05) is 18.9 Å². The van der Waals surface area contributed by atoms with Crippen molar-refractivity contribution < 1.29 is 22.9 Å². The van der Waals surface area contributed by atoms with Gasteiger partial charge in [0.1, 0.15) is 6.54 Å². The van der Waals surface area contributed by atoms with E-state index < -0.39 is 11.7 Å². The van der Waals surface area contributed by atoms with Crippen LogP contribution in [0.2, 0.25) is 0 Å². The third-order valence-electron chi connectivity index (χ3n) is 4.02. The molecule has 2 N–H and O–H groups in total. The summed E-state index contributed by atoms with van der Waals surface area (Å²) in [6, 6.07) is 5.01. The molecule has 1 aromatic heterocycles. The smallest absolute Gasteiger partial charge is 0.326 e. The molecule has 136 valence electrons. The van der Waals surface area contributed by atoms with E-state index >= 15 is 0 Å². The minimum absolute atomic E-state index is 0.163. The molecule has 2 aromatic rings. The van der Waals surface area contributed by atoms with E-state index in [1.165, 1.54) is 12.1 Å². The molecule has 0 bridgehead atoms. The van der Waals surface area contributed by atoms with Crippen molar-refractivity contribution in [1.82, 2.24) is 9.78 Å². The number of carbonyl (C=O) groups is 1. The predicted molar refractivity (Wildman–Crippen MR) is 88.2 cm³/mol. The van der Waals surface area contributed by atoms with Crippen LogP contribution in [0.1, 0.15) is 22.5 Å². The number of nitrogens with one attached hydrogen (secondary N) is 2. The highest BCUT2D eigenvalue weighted by Gasteiger charge is 2.30. The molecular formula is C17H22F3N4O+. The Morgan fingerprint density at radius 1 is 1.24 bits per heavy atom. The van der Waals surface area contributed by atoms with Crippen LogP contribution in [0.4, 0.5) is 18.9 Å². The molecule has 1 atom stereocenters. The molecule has 0 spiro atoms. The lowest BCUT2D eigenvalue weighted by atomic mass is 10.1. The van der Waals surface area contributed by atoms with Crippen molar-refractivity contribution in [3.8, 4) is 0 Å². The third kappa shape index (κ3) is 4.82. The van der Waals surface area contributed by atoms with Crippen LogP contribution >= 0.6 is 0 Å². The second kappa shape index (κ2) is 7.26. The number of benzene rings is 1. The van der Waals surface area contributed by atoms with Gasteiger partial charge in [-0.2, -0.15) is 18.3 Å². The van der Waals surface area contributed by atoms with E-state index in [4.69, 9.17) is 0 Å². The van der Waals surface area contributed by atoms with Crippen molar-refractivity contribution in [1.29, 1.82) is 0 Å². The monoisotopic (exact) mass is 355 g/mol. The van der Waals surface area contributed by atoms with Gasteiger partial charge in [-0.3, -0.25) is 9.48 Å². The molecule has 0 aliphatic rings. The Kier molecular flexibility index (Phi) is 5.52. The van der Waals surface area contributed by atoms with Crippen LogP contribution < -0.4 is 10.2 Å². The number of rotatable bonds is 5. The number of likely N-dealkylation sites (N-methyl/N-ethyl adjacent to an activating group) is 1. The summed E-state index contributed by atoms with van der Waals surface area (Å²) < 4.78 is 39.4. The van der Waals surface area contributed by atoms with E-state index in [-0.39, 0.29) is 12.5 Å². The van der Waals surface area contributed by atoms with Gasteiger partial charge in [0.25, 0.3) is 5.91 Å². The Hall–Kier alpha value is -2.35. The van der Waals surface area contributed by atoms with Crippen molar-refractivity contribution in [3.63, 3.8) is 0 Å². The highest BCUT2D eigenvalue weighted by atomic mass is 19.4. The van der Waals surface area contributed by atoms with Gasteiger partial charge in [-0.1, -0.05) is 12.1 Å². The minimum Gasteiger partial charge on any atom is -0.326 e. The number of carbonyl (C=O) groups excluding carboxylic acids is 1. The molecule has 0 aliphatic heterocycles. The quantitative estimate of drug-likeness (QED) is 0.858. The standard InChI is InChI=1S/C17H21F3N4O/c1-11-16(12(2)24(4)22-11)21-15(25)10-23(3)9-13-5-7-14(8-6-13)17(18,19)20/h5-8H,9-10H2,1-4H3,(H,21,25)/p+1. The lowest BCUT2D eigenvalue weighted by Crippen LogP contribution is -3.08. The van der Waals surface area contributed by atoms with Gasteiger partial charge in [-0.05, 0) is 26.0 Å². The van der Waals surface area contributed by atoms with Gasteiger partial charge in [0.15, 0.2) is 6.54 Å². The van der Waals surface area contributed by atoms with Crippen LogP contribution in [0, 0.1) is 13.8 Å². The normalized spacial score (nSPS) is 12.9. The summed E-state index contributed by atoms with van der Waals surface area (Å²) in [6.07, 6.45) is -4.34. The maximum atomic E-state index is 12.6. The van der Waals surface area contributed by atoms with E-state index in [0.29, 0.717) is 12.2 Å². The summed E-state index contributed by atoms with van der Waals surface area (Å²) >= 11 is 0. The van der Waals surface area contributed by atoms with Gasteiger partial charge in [-0.15, -0.1) is 0 Å². The highest BCUT2D eigenvalue weighted by Crippen LogP contribution is 2.28. The van der Waals surface area contributed by atoms with Crippen molar-refractivity contribution in [2.24, 2.45) is 7.05 Å². The molecule has 1 heterocycles. The number of aromatic nitrogens is 2. The van der Waals surface area contributed by atoms with Gasteiger partial charge in [0.2, 0.25) is 0 Å². The number of anilines is 1. The number of amides is 1. The molecule has 0 saturated carbocycles. The molecule has 0 radical (unpaired) electrons. The zero-order chi connectivity index (χ0) is 18.8. The molecule has 25 heavy (non-hydrogen) atoms. The van der Waals surface area contributed by atoms with Gasteiger partial charge >= 0.3 is 6.18 Å². The average Bonchev–Trinajstić information content (AvgIpc) is 2.73. The van der Waals surface area contributed by atoms with Crippen LogP contribution in [0.3, 0.4) is 0 Å². The Bertz CT molecular complexity index is 750. The van der Waals surface area contributed by atoms with Crippen molar-refractivity contribution in [3.05, 3.63) is 46.8 Å². The van der Waals surface area contributed by atoms with E-state index in [9.17, 15) is 18.0 Å². The Labute approximate surface area is 144 Å². The van der Waals surface area contributed by atoms with Crippen LogP contribution in [0.15, 0.2) is 24.3 Å². The second-order valence-corrected chi connectivity index (χ2v) is 6.22. The number of halogens is 3. The number of nitrogens with zero attached hydrogens (tertiary/aromatic N) is 2. The summed E-state index contributed by atoms with van der Waals surface area (Å²) in [6.45, 7) is 4.35. The molecule has 8 heteroatoms. The van der Waals surface area contributed by atoms with Crippen molar-refractivity contribution in [2.45, 2.75) is 26.6 Å². The first-order chi connectivity index (χ1) is 11.6. The number of aryl methyl sites for hydroxylation is 2. The average molecular weight is 355 g/mol. The van der Waals surface area contributed by atoms with Crippen LogP contribution in [-0.4, -0.2) is 29.3 Å². The van der Waals surface area contributed by atoms with E-state index in [1.807, 2.05) is 20.9 Å². The number of alkyl halides is 3. The predicted octanol–water partition coefficient (Wildman–Crippen LogP) is 1.71. The number of quaternary nitrogens is 1. The van der Waals surface area contributed by atoms with Crippen LogP contribution in [0.25, 0.3) is 0 Å². The SMILES string of the molecule is Cc1nn(C)c(C)c1NC(=O)C[NH+](C)Cc1ccc(C(F)(F)F)cc1. The minimum atomic E-state index is -4.34. The zero-order valence-electron chi connectivity index (χ0n) is 14.7. The maximum absolute atomic E-state index is 12.6. The van der Waals surface area contributed by atoms with E-state index in [0.717, 1.165) is 34.0 Å². The van der Waals surface area contributed by atoms with Crippen LogP contribution in [0.5, 0.6) is 0 Å². The molecular weight excluding hydrogens is 333 g/mol. The maximum Gasteiger partial charge on any atom is 0.416 e. The first kappa shape index (κ1) is 19.0. The highest BCUT2D eigenvalue weighted by molar-refractivity contribution is 5.92. The molecule has 1 amide bonds. The first-order valence-corrected chi connectivity index (χ1v) is 7.85. The molecule has 0 fully saturated rings. The summed E-state index contributed by atoms with van der Waals surface area (Å²) in [5.41, 5.74) is 2.39. The summed E-state index contributed by atoms with van der Waals surface area (Å²) in [5, 5.41) is 7.09. The Morgan fingerprint density at radius 3 is 2.32 bits per heavy atom. The Morgan fingerprint density at radius 2 is 1.84 bits per heavy atom. The molecule has 1 aromatic carbocycles. The fourth-order valence-corrected chi connectivity index (χ4v) is 2.63. The molecule has 2 rings (SSSR count). The molecule has 1 unspecified atom stereocenters. The van der Waals surface area contributed by atoms with E-state index in [2.05, 4.69) is 10.4 Å². The lowest BCUT2D eigenvalue weighted by Gasteiger charge is -2.14. The summed E-state index contributed by atoms with van der Waals surface area (Å²) in [7, 11) is 3.63. The lowest BCUT2D eigenvalue weighted by molar-refractivity contribution is -0.885. The summed E-state index contributed by atoms with van der Waals surface area (Å²) in [5.74, 6) is -0.163. The fraction of sp³-hybridized carbons (Fsp3) is 0.412. The topological polar surface area (TPSA) is 51.4 Å². The molecule has 0 saturated heterocycles. The fourth-order valence-electron chi connectivity index (χ4n) is 2.63. The molecule has 5 nitrogen and oxygen atoms in total.